The third kappa shape index (κ3) is 6.40. The molecule has 2 aromatic rings. The maximum Gasteiger partial charge on any atom is 0.227 e. The number of ether oxygens (including phenoxy) is 1. The van der Waals surface area contributed by atoms with Crippen LogP contribution in [0.5, 0.6) is 5.75 Å². The third-order valence-corrected chi connectivity index (χ3v) is 7.15. The van der Waals surface area contributed by atoms with Crippen LogP contribution in [0.1, 0.15) is 56.6 Å². The maximum absolute atomic E-state index is 13.7. The first kappa shape index (κ1) is 25.2. The molecule has 2 amide bonds. The Bertz CT molecular complexity index is 972. The molecule has 0 aliphatic carbocycles. The van der Waals surface area contributed by atoms with E-state index in [2.05, 4.69) is 10.2 Å². The fraction of sp³-hybridized carbons (Fsp3) is 0.500. The fourth-order valence-corrected chi connectivity index (χ4v) is 5.26. The van der Waals surface area contributed by atoms with E-state index in [1.807, 2.05) is 12.1 Å². The minimum absolute atomic E-state index is 0.0466. The zero-order valence-electron chi connectivity index (χ0n) is 20.5. The molecular weight excluding hydrogens is 445 g/mol. The number of methoxy groups -OCH3 is 1. The first-order chi connectivity index (χ1) is 17.1. The number of piperidine rings is 1. The van der Waals surface area contributed by atoms with Crippen LogP contribution in [0.2, 0.25) is 0 Å². The van der Waals surface area contributed by atoms with Crippen LogP contribution < -0.4 is 15.0 Å². The van der Waals surface area contributed by atoms with Crippen LogP contribution in [0.15, 0.2) is 48.5 Å². The van der Waals surface area contributed by atoms with Crippen molar-refractivity contribution in [3.8, 4) is 5.75 Å². The van der Waals surface area contributed by atoms with Crippen LogP contribution in [0.25, 0.3) is 0 Å². The Balaban J connectivity index is 1.49. The molecule has 0 spiro atoms. The molecule has 2 aromatic carbocycles. The molecule has 2 aliphatic rings. The summed E-state index contributed by atoms with van der Waals surface area (Å²) < 4.78 is 19.0. The molecule has 0 radical (unpaired) electrons. The van der Waals surface area contributed by atoms with Crippen LogP contribution in [0.4, 0.5) is 10.1 Å². The van der Waals surface area contributed by atoms with Gasteiger partial charge in [-0.05, 0) is 87.3 Å². The van der Waals surface area contributed by atoms with Crippen LogP contribution in [-0.2, 0) is 9.59 Å². The number of anilines is 1. The molecule has 1 N–H and O–H groups in total. The average Bonchev–Trinajstić information content (AvgIpc) is 3.16. The van der Waals surface area contributed by atoms with Crippen molar-refractivity contribution in [3.63, 3.8) is 0 Å². The topological polar surface area (TPSA) is 61.9 Å². The highest BCUT2D eigenvalue weighted by molar-refractivity contribution is 5.97. The number of hydrogen-bond acceptors (Lipinski definition) is 4. The quantitative estimate of drug-likeness (QED) is 0.555. The summed E-state index contributed by atoms with van der Waals surface area (Å²) in [5.74, 6) is -0.175. The molecule has 2 fully saturated rings. The van der Waals surface area contributed by atoms with E-state index in [4.69, 9.17) is 4.74 Å². The summed E-state index contributed by atoms with van der Waals surface area (Å²) in [6, 6.07) is 12.9. The predicted octanol–water partition coefficient (Wildman–Crippen LogP) is 4.70. The number of likely N-dealkylation sites (tertiary alicyclic amines) is 1. The molecule has 0 bridgehead atoms. The van der Waals surface area contributed by atoms with Crippen molar-refractivity contribution in [2.45, 2.75) is 51.0 Å². The van der Waals surface area contributed by atoms with Crippen LogP contribution in [0.3, 0.4) is 0 Å². The van der Waals surface area contributed by atoms with E-state index in [0.29, 0.717) is 24.4 Å². The van der Waals surface area contributed by atoms with Crippen molar-refractivity contribution in [2.75, 3.05) is 38.2 Å². The number of amides is 2. The van der Waals surface area contributed by atoms with Crippen molar-refractivity contribution in [1.29, 1.82) is 0 Å². The van der Waals surface area contributed by atoms with Crippen molar-refractivity contribution in [3.05, 3.63) is 59.9 Å². The van der Waals surface area contributed by atoms with Gasteiger partial charge < -0.3 is 19.9 Å². The van der Waals surface area contributed by atoms with Gasteiger partial charge in [0.15, 0.2) is 0 Å². The Morgan fingerprint density at radius 1 is 1.03 bits per heavy atom. The summed E-state index contributed by atoms with van der Waals surface area (Å²) in [5, 5.41) is 3.13. The Hall–Kier alpha value is -2.93. The lowest BCUT2D eigenvalue weighted by Gasteiger charge is -2.41. The number of hydrogen-bond donors (Lipinski definition) is 1. The lowest BCUT2D eigenvalue weighted by atomic mass is 9.83. The van der Waals surface area contributed by atoms with Gasteiger partial charge in [-0.1, -0.05) is 25.0 Å². The van der Waals surface area contributed by atoms with Gasteiger partial charge in [-0.2, -0.15) is 0 Å². The van der Waals surface area contributed by atoms with Gasteiger partial charge in [0.2, 0.25) is 11.8 Å². The van der Waals surface area contributed by atoms with E-state index < -0.39 is 12.0 Å². The van der Waals surface area contributed by atoms with Gasteiger partial charge in [0.05, 0.1) is 19.1 Å². The molecule has 2 heterocycles. The molecule has 0 aromatic heterocycles. The Morgan fingerprint density at radius 3 is 2.37 bits per heavy atom. The summed E-state index contributed by atoms with van der Waals surface area (Å²) in [6.07, 6.45) is 6.78. The van der Waals surface area contributed by atoms with Crippen molar-refractivity contribution in [1.82, 2.24) is 10.2 Å². The largest absolute Gasteiger partial charge is 0.497 e. The highest BCUT2D eigenvalue weighted by Gasteiger charge is 2.41. The Morgan fingerprint density at radius 2 is 1.71 bits per heavy atom. The fourth-order valence-electron chi connectivity index (χ4n) is 5.26. The highest BCUT2D eigenvalue weighted by Crippen LogP contribution is 2.40. The molecular formula is C28H36FN3O3. The summed E-state index contributed by atoms with van der Waals surface area (Å²) in [6.45, 7) is 3.88. The van der Waals surface area contributed by atoms with E-state index >= 15 is 0 Å². The van der Waals surface area contributed by atoms with Gasteiger partial charge in [-0.3, -0.25) is 9.59 Å². The van der Waals surface area contributed by atoms with Gasteiger partial charge >= 0.3 is 0 Å². The predicted molar refractivity (Wildman–Crippen MR) is 135 cm³/mol. The molecule has 0 unspecified atom stereocenters. The highest BCUT2D eigenvalue weighted by atomic mass is 19.1. The van der Waals surface area contributed by atoms with Gasteiger partial charge in [0.1, 0.15) is 11.6 Å². The van der Waals surface area contributed by atoms with Gasteiger partial charge in [0.25, 0.3) is 0 Å². The maximum atomic E-state index is 13.7. The summed E-state index contributed by atoms with van der Waals surface area (Å²) in [7, 11) is 1.59. The second-order valence-electron chi connectivity index (χ2n) is 9.50. The second kappa shape index (κ2) is 12.2. The smallest absolute Gasteiger partial charge is 0.227 e. The minimum atomic E-state index is -0.504. The molecule has 2 aliphatic heterocycles. The van der Waals surface area contributed by atoms with Gasteiger partial charge in [-0.15, -0.1) is 0 Å². The Kier molecular flexibility index (Phi) is 8.74. The number of nitrogens with zero attached hydrogens (tertiary/aromatic N) is 2. The number of carbonyl (C=O) groups excluding carboxylic acids is 2. The normalized spacial score (nSPS) is 21.4. The monoisotopic (exact) mass is 481 g/mol. The van der Waals surface area contributed by atoms with E-state index in [9.17, 15) is 14.0 Å². The lowest BCUT2D eigenvalue weighted by molar-refractivity contribution is -0.129. The molecule has 2 saturated heterocycles. The zero-order valence-corrected chi connectivity index (χ0v) is 20.5. The summed E-state index contributed by atoms with van der Waals surface area (Å²) >= 11 is 0. The first-order valence-electron chi connectivity index (χ1n) is 12.8. The first-order valence-corrected chi connectivity index (χ1v) is 12.8. The standard InChI is InChI=1S/C28H36FN3O3/c1-35-24-13-11-23(12-14-24)32-26(33)16-15-25(27(32)21-7-9-22(29)10-8-21)28(34)30-17-6-20-31-18-4-2-3-5-19-31/h7-14,25,27H,2-6,15-20H2,1H3,(H,30,34)/t25-,27-/m0/s1. The van der Waals surface area contributed by atoms with Crippen molar-refractivity contribution >= 4 is 17.5 Å². The third-order valence-electron chi connectivity index (χ3n) is 7.15. The van der Waals surface area contributed by atoms with E-state index in [1.54, 1.807) is 36.3 Å². The van der Waals surface area contributed by atoms with E-state index in [0.717, 1.165) is 31.6 Å². The zero-order chi connectivity index (χ0) is 24.6. The lowest BCUT2D eigenvalue weighted by Crippen LogP contribution is -2.48. The number of carbonyl (C=O) groups is 2. The van der Waals surface area contributed by atoms with Crippen LogP contribution in [-0.4, -0.2) is 50.0 Å². The van der Waals surface area contributed by atoms with Gasteiger partial charge in [-0.25, -0.2) is 4.39 Å². The number of benzene rings is 2. The van der Waals surface area contributed by atoms with E-state index in [-0.39, 0.29) is 24.1 Å². The van der Waals surface area contributed by atoms with Crippen LogP contribution >= 0.6 is 0 Å². The SMILES string of the molecule is COc1ccc(N2C(=O)CC[C@H](C(=O)NCCCN3CCCCCC3)[C@@H]2c2ccc(F)cc2)cc1. The van der Waals surface area contributed by atoms with Gasteiger partial charge in [0, 0.05) is 18.7 Å². The minimum Gasteiger partial charge on any atom is -0.497 e. The summed E-state index contributed by atoms with van der Waals surface area (Å²) in [4.78, 5) is 30.7. The molecule has 2 atom stereocenters. The molecule has 0 saturated carbocycles. The van der Waals surface area contributed by atoms with Crippen LogP contribution in [0, 0.1) is 11.7 Å². The average molecular weight is 482 g/mol. The molecule has 188 valence electrons. The van der Waals surface area contributed by atoms with Crippen molar-refractivity contribution in [2.24, 2.45) is 5.92 Å². The Labute approximate surface area is 207 Å². The second-order valence-corrected chi connectivity index (χ2v) is 9.50. The molecule has 4 rings (SSSR count). The van der Waals surface area contributed by atoms with E-state index in [1.165, 1.54) is 37.8 Å². The number of nitrogens with one attached hydrogen (secondary N) is 1. The molecule has 7 heteroatoms. The number of halogens is 1. The number of rotatable bonds is 8. The van der Waals surface area contributed by atoms with Crippen molar-refractivity contribution < 1.29 is 18.7 Å². The molecule has 6 nitrogen and oxygen atoms in total. The summed E-state index contributed by atoms with van der Waals surface area (Å²) in [5.41, 5.74) is 1.45. The molecule has 35 heavy (non-hydrogen) atoms.